The summed E-state index contributed by atoms with van der Waals surface area (Å²) >= 11 is 0. The van der Waals surface area contributed by atoms with Gasteiger partial charge in [0.05, 0.1) is 18.2 Å². The summed E-state index contributed by atoms with van der Waals surface area (Å²) in [4.78, 5) is 1.98. The lowest BCUT2D eigenvalue weighted by Gasteiger charge is -2.25. The van der Waals surface area contributed by atoms with Crippen LogP contribution in [0.2, 0.25) is 0 Å². The van der Waals surface area contributed by atoms with Gasteiger partial charge in [-0.05, 0) is 26.0 Å². The molecule has 0 aromatic heterocycles. The van der Waals surface area contributed by atoms with Gasteiger partial charge in [-0.1, -0.05) is 6.07 Å². The van der Waals surface area contributed by atoms with E-state index in [2.05, 4.69) is 0 Å². The highest BCUT2D eigenvalue weighted by Crippen LogP contribution is 2.14. The zero-order valence-corrected chi connectivity index (χ0v) is 10.2. The van der Waals surface area contributed by atoms with Gasteiger partial charge in [-0.3, -0.25) is 4.90 Å². The standard InChI is InChI=1S/C13H17FN2O/c1-10(2)16(5-6-17)9-12-4-3-11(8-15)7-13(12)14/h3-4,7,10,17H,5-6,9H2,1-2H3. The van der Waals surface area contributed by atoms with Gasteiger partial charge >= 0.3 is 0 Å². The van der Waals surface area contributed by atoms with Gasteiger partial charge in [0.25, 0.3) is 0 Å². The molecule has 0 fully saturated rings. The molecular weight excluding hydrogens is 219 g/mol. The van der Waals surface area contributed by atoms with E-state index in [1.54, 1.807) is 12.1 Å². The third kappa shape index (κ3) is 3.81. The monoisotopic (exact) mass is 236 g/mol. The molecule has 4 heteroatoms. The van der Waals surface area contributed by atoms with E-state index in [1.165, 1.54) is 6.07 Å². The molecule has 0 bridgehead atoms. The Bertz CT molecular complexity index is 412. The molecule has 0 aliphatic rings. The predicted octanol–water partition coefficient (Wildman–Crippen LogP) is 1.90. The third-order valence-electron chi connectivity index (χ3n) is 2.67. The van der Waals surface area contributed by atoms with E-state index in [-0.39, 0.29) is 18.5 Å². The highest BCUT2D eigenvalue weighted by molar-refractivity contribution is 5.32. The summed E-state index contributed by atoms with van der Waals surface area (Å²) in [7, 11) is 0. The van der Waals surface area contributed by atoms with Crippen LogP contribution in [0.4, 0.5) is 4.39 Å². The first-order valence-electron chi connectivity index (χ1n) is 5.62. The van der Waals surface area contributed by atoms with Gasteiger partial charge in [0.1, 0.15) is 5.82 Å². The molecule has 0 radical (unpaired) electrons. The lowest BCUT2D eigenvalue weighted by atomic mass is 10.1. The molecular formula is C13H17FN2O. The normalized spacial score (nSPS) is 10.9. The highest BCUT2D eigenvalue weighted by atomic mass is 19.1. The van der Waals surface area contributed by atoms with Crippen molar-refractivity contribution in [2.75, 3.05) is 13.2 Å². The van der Waals surface area contributed by atoms with Crippen LogP contribution < -0.4 is 0 Å². The molecule has 1 aromatic rings. The fourth-order valence-electron chi connectivity index (χ4n) is 1.61. The average molecular weight is 236 g/mol. The Morgan fingerprint density at radius 3 is 2.65 bits per heavy atom. The Labute approximate surface area is 101 Å². The van der Waals surface area contributed by atoms with Crippen LogP contribution in [-0.4, -0.2) is 29.2 Å². The van der Waals surface area contributed by atoms with E-state index in [1.807, 2.05) is 24.8 Å². The Morgan fingerprint density at radius 1 is 1.47 bits per heavy atom. The highest BCUT2D eigenvalue weighted by Gasteiger charge is 2.12. The average Bonchev–Trinajstić information content (AvgIpc) is 2.30. The van der Waals surface area contributed by atoms with Gasteiger partial charge in [-0.2, -0.15) is 5.26 Å². The number of hydrogen-bond donors (Lipinski definition) is 1. The molecule has 0 saturated heterocycles. The number of benzene rings is 1. The molecule has 17 heavy (non-hydrogen) atoms. The maximum atomic E-state index is 13.7. The molecule has 1 N–H and O–H groups in total. The van der Waals surface area contributed by atoms with Crippen molar-refractivity contribution in [1.82, 2.24) is 4.90 Å². The summed E-state index contributed by atoms with van der Waals surface area (Å²) in [5.41, 5.74) is 0.871. The Hall–Kier alpha value is -1.44. The molecule has 1 aromatic carbocycles. The van der Waals surface area contributed by atoms with E-state index in [0.717, 1.165) is 0 Å². The lowest BCUT2D eigenvalue weighted by Crippen LogP contribution is -2.33. The lowest BCUT2D eigenvalue weighted by molar-refractivity contribution is 0.158. The van der Waals surface area contributed by atoms with E-state index in [4.69, 9.17) is 10.4 Å². The van der Waals surface area contributed by atoms with Crippen molar-refractivity contribution < 1.29 is 9.50 Å². The van der Waals surface area contributed by atoms with E-state index >= 15 is 0 Å². The van der Waals surface area contributed by atoms with Crippen LogP contribution in [0.25, 0.3) is 0 Å². The predicted molar refractivity (Wildman–Crippen MR) is 63.7 cm³/mol. The van der Waals surface area contributed by atoms with Crippen LogP contribution >= 0.6 is 0 Å². The molecule has 0 amide bonds. The first-order chi connectivity index (χ1) is 8.08. The molecule has 92 valence electrons. The minimum Gasteiger partial charge on any atom is -0.395 e. The van der Waals surface area contributed by atoms with Gasteiger partial charge in [0.2, 0.25) is 0 Å². The minimum atomic E-state index is -0.368. The fourth-order valence-corrected chi connectivity index (χ4v) is 1.61. The second kappa shape index (κ2) is 6.33. The van der Waals surface area contributed by atoms with Crippen molar-refractivity contribution in [3.05, 3.63) is 35.1 Å². The van der Waals surface area contributed by atoms with Crippen molar-refractivity contribution in [3.63, 3.8) is 0 Å². The molecule has 0 heterocycles. The fraction of sp³-hybridized carbons (Fsp3) is 0.462. The van der Waals surface area contributed by atoms with Crippen molar-refractivity contribution in [3.8, 4) is 6.07 Å². The summed E-state index contributed by atoms with van der Waals surface area (Å²) in [5, 5.41) is 17.6. The summed E-state index contributed by atoms with van der Waals surface area (Å²) in [6, 6.07) is 6.61. The minimum absolute atomic E-state index is 0.0517. The summed E-state index contributed by atoms with van der Waals surface area (Å²) in [6.45, 7) is 5.00. The van der Waals surface area contributed by atoms with Gasteiger partial charge in [-0.25, -0.2) is 4.39 Å². The van der Waals surface area contributed by atoms with Gasteiger partial charge in [0.15, 0.2) is 0 Å². The van der Waals surface area contributed by atoms with E-state index in [0.29, 0.717) is 24.2 Å². The summed E-state index contributed by atoms with van der Waals surface area (Å²) in [5.74, 6) is -0.368. The number of nitrogens with zero attached hydrogens (tertiary/aromatic N) is 2. The first-order valence-corrected chi connectivity index (χ1v) is 5.62. The zero-order chi connectivity index (χ0) is 12.8. The van der Waals surface area contributed by atoms with Crippen molar-refractivity contribution >= 4 is 0 Å². The molecule has 3 nitrogen and oxygen atoms in total. The SMILES string of the molecule is CC(C)N(CCO)Cc1ccc(C#N)cc1F. The number of rotatable bonds is 5. The zero-order valence-electron chi connectivity index (χ0n) is 10.2. The largest absolute Gasteiger partial charge is 0.395 e. The molecule has 0 spiro atoms. The Morgan fingerprint density at radius 2 is 2.18 bits per heavy atom. The van der Waals surface area contributed by atoms with Gasteiger partial charge in [0, 0.05) is 24.7 Å². The van der Waals surface area contributed by atoms with Crippen LogP contribution in [0.1, 0.15) is 25.0 Å². The second-order valence-electron chi connectivity index (χ2n) is 4.21. The van der Waals surface area contributed by atoms with Crippen LogP contribution in [0.5, 0.6) is 0 Å². The molecule has 0 atom stereocenters. The quantitative estimate of drug-likeness (QED) is 0.849. The maximum Gasteiger partial charge on any atom is 0.129 e. The molecule has 1 rings (SSSR count). The number of nitriles is 1. The van der Waals surface area contributed by atoms with Crippen LogP contribution in [0, 0.1) is 17.1 Å². The molecule has 0 aliphatic carbocycles. The van der Waals surface area contributed by atoms with Crippen LogP contribution in [-0.2, 0) is 6.54 Å². The maximum absolute atomic E-state index is 13.7. The third-order valence-corrected chi connectivity index (χ3v) is 2.67. The molecule has 0 saturated carbocycles. The smallest absolute Gasteiger partial charge is 0.129 e. The van der Waals surface area contributed by atoms with Crippen molar-refractivity contribution in [2.24, 2.45) is 0 Å². The van der Waals surface area contributed by atoms with Crippen LogP contribution in [0.3, 0.4) is 0 Å². The number of aliphatic hydroxyl groups is 1. The first kappa shape index (κ1) is 13.6. The Kier molecular flexibility index (Phi) is 5.08. The summed E-state index contributed by atoms with van der Waals surface area (Å²) < 4.78 is 13.7. The summed E-state index contributed by atoms with van der Waals surface area (Å²) in [6.07, 6.45) is 0. The Balaban J connectivity index is 2.83. The number of halogens is 1. The van der Waals surface area contributed by atoms with Crippen LogP contribution in [0.15, 0.2) is 18.2 Å². The van der Waals surface area contributed by atoms with Crippen molar-refractivity contribution in [1.29, 1.82) is 5.26 Å². The number of hydrogen-bond acceptors (Lipinski definition) is 3. The van der Waals surface area contributed by atoms with E-state index in [9.17, 15) is 4.39 Å². The topological polar surface area (TPSA) is 47.3 Å². The van der Waals surface area contributed by atoms with Gasteiger partial charge < -0.3 is 5.11 Å². The second-order valence-corrected chi connectivity index (χ2v) is 4.21. The number of aliphatic hydroxyl groups excluding tert-OH is 1. The van der Waals surface area contributed by atoms with Crippen molar-refractivity contribution in [2.45, 2.75) is 26.4 Å². The molecule has 0 aliphatic heterocycles. The van der Waals surface area contributed by atoms with Gasteiger partial charge in [-0.15, -0.1) is 0 Å². The molecule has 0 unspecified atom stereocenters. The van der Waals surface area contributed by atoms with E-state index < -0.39 is 0 Å².